The minimum Gasteiger partial charge on any atom is -0.318 e. The molecule has 72 valence electrons. The third kappa shape index (κ3) is 2.28. The Labute approximate surface area is 78.4 Å². The molecule has 0 saturated heterocycles. The summed E-state index contributed by atoms with van der Waals surface area (Å²) in [6, 6.07) is 0.790. The molecule has 1 N–H and O–H groups in total. The molecule has 1 fully saturated rings. The van der Waals surface area contributed by atoms with Gasteiger partial charge in [-0.3, -0.25) is 0 Å². The predicted molar refractivity (Wildman–Crippen MR) is 50.4 cm³/mol. The van der Waals surface area contributed by atoms with Crippen molar-refractivity contribution in [2.45, 2.75) is 38.8 Å². The van der Waals surface area contributed by atoms with E-state index in [1.54, 1.807) is 6.33 Å². The molecular weight excluding hydrogens is 164 g/mol. The van der Waals surface area contributed by atoms with Crippen molar-refractivity contribution < 1.29 is 0 Å². The molecule has 0 spiro atoms. The second kappa shape index (κ2) is 3.87. The average Bonchev–Trinajstić information content (AvgIpc) is 2.84. The van der Waals surface area contributed by atoms with Crippen molar-refractivity contribution in [2.24, 2.45) is 0 Å². The van der Waals surface area contributed by atoms with Gasteiger partial charge in [0.15, 0.2) is 0 Å². The minimum absolute atomic E-state index is 0.790. The molecule has 0 unspecified atom stereocenters. The summed E-state index contributed by atoms with van der Waals surface area (Å²) in [6.07, 6.45) is 5.48. The molecule has 4 heteroatoms. The molecule has 0 atom stereocenters. The van der Waals surface area contributed by atoms with Crippen LogP contribution < -0.4 is 5.32 Å². The van der Waals surface area contributed by atoms with Crippen molar-refractivity contribution >= 4 is 0 Å². The second-order valence-corrected chi connectivity index (χ2v) is 3.51. The number of aromatic nitrogens is 3. The summed E-state index contributed by atoms with van der Waals surface area (Å²) in [5.74, 6) is 1.09. The fourth-order valence-corrected chi connectivity index (χ4v) is 1.41. The quantitative estimate of drug-likeness (QED) is 0.721. The molecule has 13 heavy (non-hydrogen) atoms. The summed E-state index contributed by atoms with van der Waals surface area (Å²) in [6.45, 7) is 4.11. The maximum atomic E-state index is 4.08. The van der Waals surface area contributed by atoms with Crippen molar-refractivity contribution in [2.75, 3.05) is 6.54 Å². The Morgan fingerprint density at radius 2 is 2.46 bits per heavy atom. The summed E-state index contributed by atoms with van der Waals surface area (Å²) in [4.78, 5) is 0. The number of nitrogens with zero attached hydrogens (tertiary/aromatic N) is 3. The molecule has 4 nitrogen and oxygen atoms in total. The van der Waals surface area contributed by atoms with E-state index in [1.807, 2.05) is 0 Å². The van der Waals surface area contributed by atoms with Gasteiger partial charge in [-0.2, -0.15) is 0 Å². The van der Waals surface area contributed by atoms with Crippen LogP contribution in [0.15, 0.2) is 6.33 Å². The molecular formula is C9H16N4. The van der Waals surface area contributed by atoms with Gasteiger partial charge >= 0.3 is 0 Å². The monoisotopic (exact) mass is 180 g/mol. The van der Waals surface area contributed by atoms with E-state index in [4.69, 9.17) is 0 Å². The van der Waals surface area contributed by atoms with Gasteiger partial charge in [0.2, 0.25) is 0 Å². The van der Waals surface area contributed by atoms with Gasteiger partial charge in [0.25, 0.3) is 0 Å². The maximum absolute atomic E-state index is 4.08. The highest BCUT2D eigenvalue weighted by Crippen LogP contribution is 2.18. The highest BCUT2D eigenvalue weighted by Gasteiger charge is 2.19. The average molecular weight is 180 g/mol. The Morgan fingerprint density at radius 3 is 3.15 bits per heavy atom. The van der Waals surface area contributed by atoms with Gasteiger partial charge in [0.1, 0.15) is 12.2 Å². The van der Waals surface area contributed by atoms with Crippen LogP contribution in [0.5, 0.6) is 0 Å². The smallest absolute Gasteiger partial charge is 0.134 e. The van der Waals surface area contributed by atoms with E-state index in [0.717, 1.165) is 31.4 Å². The molecule has 0 aliphatic heterocycles. The predicted octanol–water partition coefficient (Wildman–Crippen LogP) is 0.592. The molecule has 1 saturated carbocycles. The Balaban J connectivity index is 1.78. The Hall–Kier alpha value is -0.900. The van der Waals surface area contributed by atoms with E-state index in [9.17, 15) is 0 Å². The van der Waals surface area contributed by atoms with Gasteiger partial charge in [0.05, 0.1) is 0 Å². The van der Waals surface area contributed by atoms with Gasteiger partial charge in [-0.05, 0) is 19.8 Å². The molecule has 1 aliphatic rings. The van der Waals surface area contributed by atoms with E-state index in [0.29, 0.717) is 0 Å². The zero-order valence-electron chi connectivity index (χ0n) is 8.03. The molecule has 0 bridgehead atoms. The topological polar surface area (TPSA) is 42.7 Å². The molecule has 2 rings (SSSR count). The molecule has 1 aliphatic carbocycles. The van der Waals surface area contributed by atoms with Crippen molar-refractivity contribution in [3.63, 3.8) is 0 Å². The summed E-state index contributed by atoms with van der Waals surface area (Å²) >= 11 is 0. The van der Waals surface area contributed by atoms with Crippen LogP contribution in [-0.2, 0) is 13.0 Å². The van der Waals surface area contributed by atoms with Gasteiger partial charge in [-0.1, -0.05) is 0 Å². The lowest BCUT2D eigenvalue weighted by Gasteiger charge is -2.03. The zero-order valence-corrected chi connectivity index (χ0v) is 8.03. The third-order valence-electron chi connectivity index (χ3n) is 2.40. The Morgan fingerprint density at radius 1 is 1.62 bits per heavy atom. The van der Waals surface area contributed by atoms with E-state index in [1.165, 1.54) is 12.8 Å². The van der Waals surface area contributed by atoms with Gasteiger partial charge < -0.3 is 9.88 Å². The number of rotatable bonds is 5. The van der Waals surface area contributed by atoms with Crippen molar-refractivity contribution in [3.8, 4) is 0 Å². The molecule has 1 heterocycles. The molecule has 1 aromatic rings. The lowest BCUT2D eigenvalue weighted by atomic mass is 10.4. The summed E-state index contributed by atoms with van der Waals surface area (Å²) < 4.78 is 2.09. The van der Waals surface area contributed by atoms with Gasteiger partial charge in [-0.15, -0.1) is 10.2 Å². The van der Waals surface area contributed by atoms with Crippen LogP contribution in [0.4, 0.5) is 0 Å². The minimum atomic E-state index is 0.790. The second-order valence-electron chi connectivity index (χ2n) is 3.51. The zero-order chi connectivity index (χ0) is 9.10. The Bertz CT molecular complexity index is 264. The molecule has 0 amide bonds. The maximum Gasteiger partial charge on any atom is 0.134 e. The fourth-order valence-electron chi connectivity index (χ4n) is 1.41. The number of hydrogen-bond acceptors (Lipinski definition) is 3. The largest absolute Gasteiger partial charge is 0.318 e. The fraction of sp³-hybridized carbons (Fsp3) is 0.778. The van der Waals surface area contributed by atoms with Crippen molar-refractivity contribution in [1.29, 1.82) is 0 Å². The first-order valence-electron chi connectivity index (χ1n) is 5.00. The van der Waals surface area contributed by atoms with Crippen LogP contribution in [0.3, 0.4) is 0 Å². The van der Waals surface area contributed by atoms with E-state index in [-0.39, 0.29) is 0 Å². The van der Waals surface area contributed by atoms with Crippen LogP contribution in [0.1, 0.15) is 25.6 Å². The highest BCUT2D eigenvalue weighted by atomic mass is 15.3. The number of hydrogen-bond donors (Lipinski definition) is 1. The van der Waals surface area contributed by atoms with E-state index >= 15 is 0 Å². The van der Waals surface area contributed by atoms with Crippen LogP contribution in [0.25, 0.3) is 0 Å². The van der Waals surface area contributed by atoms with Gasteiger partial charge in [0, 0.05) is 25.6 Å². The van der Waals surface area contributed by atoms with Crippen LogP contribution >= 0.6 is 0 Å². The van der Waals surface area contributed by atoms with Crippen LogP contribution in [0.2, 0.25) is 0 Å². The van der Waals surface area contributed by atoms with E-state index in [2.05, 4.69) is 27.0 Å². The SMILES string of the molecule is CCn1cnnc1CCNC1CC1. The van der Waals surface area contributed by atoms with Crippen molar-refractivity contribution in [3.05, 3.63) is 12.2 Å². The summed E-state index contributed by atoms with van der Waals surface area (Å²) in [5.41, 5.74) is 0. The van der Waals surface area contributed by atoms with Gasteiger partial charge in [-0.25, -0.2) is 0 Å². The molecule has 0 radical (unpaired) electrons. The first-order chi connectivity index (χ1) is 6.40. The third-order valence-corrected chi connectivity index (χ3v) is 2.40. The number of aryl methyl sites for hydroxylation is 1. The molecule has 1 aromatic heterocycles. The standard InChI is InChI=1S/C9H16N4/c1-2-13-7-11-12-9(13)5-6-10-8-3-4-8/h7-8,10H,2-6H2,1H3. The van der Waals surface area contributed by atoms with Crippen LogP contribution in [-0.4, -0.2) is 27.4 Å². The lowest BCUT2D eigenvalue weighted by molar-refractivity contribution is 0.630. The number of nitrogens with one attached hydrogen (secondary N) is 1. The summed E-state index contributed by atoms with van der Waals surface area (Å²) in [7, 11) is 0. The first kappa shape index (κ1) is 8.69. The lowest BCUT2D eigenvalue weighted by Crippen LogP contribution is -2.20. The van der Waals surface area contributed by atoms with Crippen molar-refractivity contribution in [1.82, 2.24) is 20.1 Å². The highest BCUT2D eigenvalue weighted by molar-refractivity contribution is 4.88. The normalized spacial score (nSPS) is 16.4. The molecule has 0 aromatic carbocycles. The van der Waals surface area contributed by atoms with Crippen LogP contribution in [0, 0.1) is 0 Å². The Kier molecular flexibility index (Phi) is 2.59. The summed E-state index contributed by atoms with van der Waals surface area (Å²) in [5, 5.41) is 11.4. The van der Waals surface area contributed by atoms with E-state index < -0.39 is 0 Å². The first-order valence-corrected chi connectivity index (χ1v) is 5.00.